The van der Waals surface area contributed by atoms with E-state index in [4.69, 9.17) is 4.74 Å². The van der Waals surface area contributed by atoms with Crippen LogP contribution in [0.5, 0.6) is 5.75 Å². The molecule has 1 heterocycles. The first-order chi connectivity index (χ1) is 12.6. The number of methoxy groups -OCH3 is 1. The Morgan fingerprint density at radius 1 is 1.04 bits per heavy atom. The van der Waals surface area contributed by atoms with Crippen LogP contribution in [-0.4, -0.2) is 44.2 Å². The predicted molar refractivity (Wildman–Crippen MR) is 100 cm³/mol. The van der Waals surface area contributed by atoms with Crippen molar-refractivity contribution in [3.05, 3.63) is 59.9 Å². The molecule has 0 radical (unpaired) electrons. The number of ether oxygens (including phenoxy) is 1. The second kappa shape index (κ2) is 8.08. The molecular weight excluding hydrogens is 333 g/mol. The quantitative estimate of drug-likeness (QED) is 0.912. The van der Waals surface area contributed by atoms with Gasteiger partial charge in [0.05, 0.1) is 13.2 Å². The van der Waals surface area contributed by atoms with Crippen molar-refractivity contribution in [1.82, 2.24) is 10.2 Å². The molecule has 2 amide bonds. The van der Waals surface area contributed by atoms with Gasteiger partial charge in [-0.05, 0) is 48.9 Å². The van der Waals surface area contributed by atoms with Gasteiger partial charge in [-0.15, -0.1) is 0 Å². The van der Waals surface area contributed by atoms with E-state index in [1.54, 1.807) is 19.2 Å². The fourth-order valence-corrected chi connectivity index (χ4v) is 3.07. The molecule has 0 saturated carbocycles. The van der Waals surface area contributed by atoms with E-state index in [9.17, 15) is 9.18 Å². The van der Waals surface area contributed by atoms with Crippen LogP contribution in [0, 0.1) is 5.82 Å². The number of carbonyl (C=O) groups excluding carboxylic acids is 1. The van der Waals surface area contributed by atoms with E-state index in [0.717, 1.165) is 30.1 Å². The minimum absolute atomic E-state index is 0.0868. The Balaban J connectivity index is 1.52. The zero-order valence-electron chi connectivity index (χ0n) is 15.1. The fraction of sp³-hybridized carbons (Fsp3) is 0.350. The van der Waals surface area contributed by atoms with E-state index in [0.29, 0.717) is 13.1 Å². The first kappa shape index (κ1) is 18.0. The van der Waals surface area contributed by atoms with Crippen LogP contribution in [0.4, 0.5) is 14.9 Å². The fourth-order valence-electron chi connectivity index (χ4n) is 3.07. The summed E-state index contributed by atoms with van der Waals surface area (Å²) in [5.41, 5.74) is 2.02. The number of nitrogens with one attached hydrogen (secondary N) is 1. The highest BCUT2D eigenvalue weighted by atomic mass is 19.1. The predicted octanol–water partition coefficient (Wildman–Crippen LogP) is 3.43. The van der Waals surface area contributed by atoms with Crippen molar-refractivity contribution < 1.29 is 13.9 Å². The van der Waals surface area contributed by atoms with Crippen molar-refractivity contribution in [3.8, 4) is 5.75 Å². The average Bonchev–Trinajstić information content (AvgIpc) is 2.68. The molecule has 0 bridgehead atoms. The Kier molecular flexibility index (Phi) is 5.61. The molecule has 1 saturated heterocycles. The van der Waals surface area contributed by atoms with Crippen LogP contribution < -0.4 is 15.0 Å². The van der Waals surface area contributed by atoms with Gasteiger partial charge in [-0.25, -0.2) is 9.18 Å². The summed E-state index contributed by atoms with van der Waals surface area (Å²) in [5, 5.41) is 2.98. The number of halogens is 1. The second-order valence-electron chi connectivity index (χ2n) is 6.39. The summed E-state index contributed by atoms with van der Waals surface area (Å²) in [7, 11) is 1.65. The van der Waals surface area contributed by atoms with Gasteiger partial charge in [0.2, 0.25) is 0 Å². The topological polar surface area (TPSA) is 44.8 Å². The Hall–Kier alpha value is -2.76. The molecular formula is C20H24FN3O2. The van der Waals surface area contributed by atoms with E-state index in [1.807, 2.05) is 36.1 Å². The number of nitrogens with zero attached hydrogens (tertiary/aromatic N) is 2. The summed E-state index contributed by atoms with van der Waals surface area (Å²) >= 11 is 0. The molecule has 1 fully saturated rings. The molecule has 6 heteroatoms. The maximum Gasteiger partial charge on any atom is 0.317 e. The third-order valence-electron chi connectivity index (χ3n) is 4.71. The van der Waals surface area contributed by atoms with E-state index < -0.39 is 0 Å². The van der Waals surface area contributed by atoms with Gasteiger partial charge >= 0.3 is 6.03 Å². The number of hydrogen-bond acceptors (Lipinski definition) is 3. The van der Waals surface area contributed by atoms with Crippen LogP contribution in [-0.2, 0) is 0 Å². The lowest BCUT2D eigenvalue weighted by molar-refractivity contribution is 0.191. The molecule has 0 spiro atoms. The van der Waals surface area contributed by atoms with E-state index in [-0.39, 0.29) is 17.9 Å². The van der Waals surface area contributed by atoms with Crippen molar-refractivity contribution >= 4 is 11.7 Å². The van der Waals surface area contributed by atoms with E-state index in [2.05, 4.69) is 10.2 Å². The van der Waals surface area contributed by atoms with Gasteiger partial charge in [0.1, 0.15) is 11.6 Å². The summed E-state index contributed by atoms with van der Waals surface area (Å²) in [6.45, 7) is 4.79. The van der Waals surface area contributed by atoms with Crippen LogP contribution in [0.2, 0.25) is 0 Å². The number of benzene rings is 2. The molecule has 2 aromatic rings. The van der Waals surface area contributed by atoms with Crippen molar-refractivity contribution in [2.24, 2.45) is 0 Å². The monoisotopic (exact) mass is 357 g/mol. The molecule has 1 N–H and O–H groups in total. The largest absolute Gasteiger partial charge is 0.497 e. The molecule has 3 rings (SSSR count). The lowest BCUT2D eigenvalue weighted by Gasteiger charge is -2.36. The second-order valence-corrected chi connectivity index (χ2v) is 6.39. The summed E-state index contributed by atoms with van der Waals surface area (Å²) in [4.78, 5) is 16.6. The van der Waals surface area contributed by atoms with Gasteiger partial charge in [0.15, 0.2) is 0 Å². The minimum atomic E-state index is -0.276. The molecule has 1 unspecified atom stereocenters. The van der Waals surface area contributed by atoms with Gasteiger partial charge in [0.25, 0.3) is 0 Å². The maximum atomic E-state index is 13.0. The number of anilines is 1. The van der Waals surface area contributed by atoms with Crippen LogP contribution in [0.25, 0.3) is 0 Å². The zero-order valence-corrected chi connectivity index (χ0v) is 15.1. The van der Waals surface area contributed by atoms with Crippen LogP contribution in [0.15, 0.2) is 48.5 Å². The van der Waals surface area contributed by atoms with Crippen molar-refractivity contribution in [2.45, 2.75) is 13.0 Å². The SMILES string of the molecule is COc1ccc(N2CCN(C(=O)NC(C)c3ccc(F)cc3)CC2)cc1. The van der Waals surface area contributed by atoms with Gasteiger partial charge in [-0.2, -0.15) is 0 Å². The number of rotatable bonds is 4. The molecule has 0 aliphatic carbocycles. The Morgan fingerprint density at radius 3 is 2.23 bits per heavy atom. The third kappa shape index (κ3) is 4.25. The lowest BCUT2D eigenvalue weighted by Crippen LogP contribution is -2.52. The summed E-state index contributed by atoms with van der Waals surface area (Å²) in [6.07, 6.45) is 0. The number of carbonyl (C=O) groups is 1. The number of urea groups is 1. The van der Waals surface area contributed by atoms with E-state index in [1.165, 1.54) is 12.1 Å². The van der Waals surface area contributed by atoms with Crippen LogP contribution >= 0.6 is 0 Å². The van der Waals surface area contributed by atoms with Gasteiger partial charge in [0, 0.05) is 31.9 Å². The molecule has 5 nitrogen and oxygen atoms in total. The Labute approximate surface area is 153 Å². The van der Waals surface area contributed by atoms with Gasteiger partial charge in [-0.1, -0.05) is 12.1 Å². The molecule has 1 aliphatic rings. The Morgan fingerprint density at radius 2 is 1.65 bits per heavy atom. The standard InChI is InChI=1S/C20H24FN3O2/c1-15(16-3-5-17(21)6-4-16)22-20(25)24-13-11-23(12-14-24)18-7-9-19(26-2)10-8-18/h3-10,15H,11-14H2,1-2H3,(H,22,25). The molecule has 0 aromatic heterocycles. The highest BCUT2D eigenvalue weighted by Gasteiger charge is 2.22. The first-order valence-electron chi connectivity index (χ1n) is 8.77. The van der Waals surface area contributed by atoms with E-state index >= 15 is 0 Å². The summed E-state index contributed by atoms with van der Waals surface area (Å²) in [5.74, 6) is 0.559. The number of hydrogen-bond donors (Lipinski definition) is 1. The lowest BCUT2D eigenvalue weighted by atomic mass is 10.1. The minimum Gasteiger partial charge on any atom is -0.497 e. The van der Waals surface area contributed by atoms with Crippen molar-refractivity contribution in [1.29, 1.82) is 0 Å². The van der Waals surface area contributed by atoms with Gasteiger partial charge in [-0.3, -0.25) is 0 Å². The molecule has 1 atom stereocenters. The number of amides is 2. The van der Waals surface area contributed by atoms with Crippen molar-refractivity contribution in [2.75, 3.05) is 38.2 Å². The van der Waals surface area contributed by atoms with Crippen molar-refractivity contribution in [3.63, 3.8) is 0 Å². The Bertz CT molecular complexity index is 726. The first-order valence-corrected chi connectivity index (χ1v) is 8.77. The van der Waals surface area contributed by atoms with Gasteiger partial charge < -0.3 is 19.9 Å². The summed E-state index contributed by atoms with van der Waals surface area (Å²) in [6, 6.07) is 13.9. The normalized spacial score (nSPS) is 15.5. The highest BCUT2D eigenvalue weighted by Crippen LogP contribution is 2.21. The smallest absolute Gasteiger partial charge is 0.317 e. The molecule has 138 valence electrons. The average molecular weight is 357 g/mol. The highest BCUT2D eigenvalue weighted by molar-refractivity contribution is 5.75. The summed E-state index contributed by atoms with van der Waals surface area (Å²) < 4.78 is 18.2. The maximum absolute atomic E-state index is 13.0. The third-order valence-corrected chi connectivity index (χ3v) is 4.71. The zero-order chi connectivity index (χ0) is 18.5. The number of piperazine rings is 1. The molecule has 26 heavy (non-hydrogen) atoms. The molecule has 1 aliphatic heterocycles. The van der Waals surface area contributed by atoms with Crippen LogP contribution in [0.1, 0.15) is 18.5 Å². The molecule has 2 aromatic carbocycles. The van der Waals surface area contributed by atoms with Crippen LogP contribution in [0.3, 0.4) is 0 Å².